The van der Waals surface area contributed by atoms with Crippen molar-refractivity contribution in [1.29, 1.82) is 0 Å². The first-order valence-electron chi connectivity index (χ1n) is 4.22. The maximum atomic E-state index is 12.5. The van der Waals surface area contributed by atoms with Crippen LogP contribution in [0.25, 0.3) is 0 Å². The summed E-state index contributed by atoms with van der Waals surface area (Å²) in [6.45, 7) is 0. The second-order valence-electron chi connectivity index (χ2n) is 3.25. The second-order valence-corrected chi connectivity index (χ2v) is 3.60. The third kappa shape index (κ3) is 2.87. The fraction of sp³-hybridized carbons (Fsp3) is 0.222. The number of anilines is 1. The highest BCUT2D eigenvalue weighted by atomic mass is 35.5. The van der Waals surface area contributed by atoms with Gasteiger partial charge in [-0.15, -0.1) is 0 Å². The Balaban J connectivity index is 3.64. The predicted octanol–water partition coefficient (Wildman–Crippen LogP) is 3.69. The van der Waals surface area contributed by atoms with Gasteiger partial charge in [0, 0.05) is 5.56 Å². The molecule has 0 aliphatic rings. The molecule has 0 bridgehead atoms. The van der Waals surface area contributed by atoms with Crippen LogP contribution in [0.1, 0.15) is 21.5 Å². The minimum atomic E-state index is -5.12. The molecule has 0 saturated carbocycles. The van der Waals surface area contributed by atoms with Gasteiger partial charge in [0.25, 0.3) is 5.24 Å². The van der Waals surface area contributed by atoms with Crippen molar-refractivity contribution >= 4 is 22.5 Å². The zero-order valence-electron chi connectivity index (χ0n) is 8.29. The summed E-state index contributed by atoms with van der Waals surface area (Å²) in [7, 11) is 0. The number of nitrogen functional groups attached to an aromatic ring is 1. The Morgan fingerprint density at radius 3 is 1.56 bits per heavy atom. The van der Waals surface area contributed by atoms with Crippen LogP contribution in [0, 0.1) is 0 Å². The smallest absolute Gasteiger partial charge is 0.398 e. The third-order valence-electron chi connectivity index (χ3n) is 2.02. The molecule has 0 heterocycles. The average molecular weight is 292 g/mol. The molecule has 18 heavy (non-hydrogen) atoms. The molecule has 0 fully saturated rings. The van der Waals surface area contributed by atoms with Crippen molar-refractivity contribution in [1.82, 2.24) is 0 Å². The van der Waals surface area contributed by atoms with Gasteiger partial charge in [-0.1, -0.05) is 0 Å². The van der Waals surface area contributed by atoms with E-state index in [1.165, 1.54) is 0 Å². The summed E-state index contributed by atoms with van der Waals surface area (Å²) in [5.74, 6) is 0. The van der Waals surface area contributed by atoms with Gasteiger partial charge >= 0.3 is 12.4 Å². The van der Waals surface area contributed by atoms with Gasteiger partial charge in [0.15, 0.2) is 0 Å². The molecule has 0 spiro atoms. The largest absolute Gasteiger partial charge is 0.418 e. The molecule has 2 nitrogen and oxygen atoms in total. The van der Waals surface area contributed by atoms with Crippen LogP contribution in [0.3, 0.4) is 0 Å². The Morgan fingerprint density at radius 2 is 1.33 bits per heavy atom. The number of hydrogen-bond acceptors (Lipinski definition) is 2. The molecule has 1 aromatic rings. The van der Waals surface area contributed by atoms with Crippen LogP contribution in [0.5, 0.6) is 0 Å². The first kappa shape index (κ1) is 14.6. The number of benzene rings is 1. The Labute approximate surface area is 101 Å². The number of carbonyl (C=O) groups excluding carboxylic acids is 1. The maximum absolute atomic E-state index is 12.5. The van der Waals surface area contributed by atoms with Crippen molar-refractivity contribution in [2.24, 2.45) is 0 Å². The molecule has 1 aromatic carbocycles. The lowest BCUT2D eigenvalue weighted by molar-refractivity contribution is -0.141. The van der Waals surface area contributed by atoms with Gasteiger partial charge in [-0.25, -0.2) is 0 Å². The van der Waals surface area contributed by atoms with Gasteiger partial charge < -0.3 is 5.73 Å². The van der Waals surface area contributed by atoms with E-state index < -0.39 is 40.0 Å². The topological polar surface area (TPSA) is 43.1 Å². The van der Waals surface area contributed by atoms with E-state index in [0.29, 0.717) is 0 Å². The van der Waals surface area contributed by atoms with E-state index in [-0.39, 0.29) is 12.1 Å². The number of nitrogens with two attached hydrogens (primary N) is 1. The molecule has 2 N–H and O–H groups in total. The van der Waals surface area contributed by atoms with Crippen LogP contribution in [0.4, 0.5) is 32.0 Å². The molecule has 0 saturated heterocycles. The summed E-state index contributed by atoms with van der Waals surface area (Å²) in [6.07, 6.45) is -10.2. The van der Waals surface area contributed by atoms with Crippen molar-refractivity contribution in [2.45, 2.75) is 12.4 Å². The molecule has 0 radical (unpaired) electrons. The highest BCUT2D eigenvalue weighted by molar-refractivity contribution is 6.67. The Hall–Kier alpha value is -1.44. The van der Waals surface area contributed by atoms with Crippen LogP contribution in [0.15, 0.2) is 12.1 Å². The van der Waals surface area contributed by atoms with Crippen molar-refractivity contribution < 1.29 is 31.1 Å². The molecule has 0 atom stereocenters. The molecule has 9 heteroatoms. The van der Waals surface area contributed by atoms with Gasteiger partial charge in [0.2, 0.25) is 0 Å². The number of halogens is 7. The number of carbonyl (C=O) groups is 1. The molecule has 0 aliphatic carbocycles. The van der Waals surface area contributed by atoms with E-state index in [1.54, 1.807) is 0 Å². The first-order chi connectivity index (χ1) is 7.94. The Kier molecular flexibility index (Phi) is 3.53. The molecule has 0 unspecified atom stereocenters. The van der Waals surface area contributed by atoms with E-state index in [0.717, 1.165) is 0 Å². The Morgan fingerprint density at radius 1 is 1.00 bits per heavy atom. The van der Waals surface area contributed by atoms with Crippen LogP contribution in [-0.4, -0.2) is 5.24 Å². The summed E-state index contributed by atoms with van der Waals surface area (Å²) in [5, 5.41) is -1.44. The summed E-state index contributed by atoms with van der Waals surface area (Å²) in [4.78, 5) is 10.7. The van der Waals surface area contributed by atoms with E-state index in [2.05, 4.69) is 0 Å². The van der Waals surface area contributed by atoms with E-state index >= 15 is 0 Å². The van der Waals surface area contributed by atoms with Crippen LogP contribution < -0.4 is 5.73 Å². The first-order valence-corrected chi connectivity index (χ1v) is 4.60. The van der Waals surface area contributed by atoms with Crippen LogP contribution >= 0.6 is 11.6 Å². The molecular formula is C9H4ClF6NO. The highest BCUT2D eigenvalue weighted by Gasteiger charge is 2.41. The molecule has 1 rings (SSSR count). The minimum absolute atomic E-state index is 0.180. The predicted molar refractivity (Wildman–Crippen MR) is 51.0 cm³/mol. The van der Waals surface area contributed by atoms with Gasteiger partial charge in [0.1, 0.15) is 0 Å². The lowest BCUT2D eigenvalue weighted by atomic mass is 10.0. The van der Waals surface area contributed by atoms with Gasteiger partial charge in [-0.05, 0) is 23.7 Å². The normalized spacial score (nSPS) is 12.6. The molecule has 0 aliphatic heterocycles. The van der Waals surface area contributed by atoms with Gasteiger partial charge in [-0.3, -0.25) is 4.79 Å². The third-order valence-corrected chi connectivity index (χ3v) is 2.24. The van der Waals surface area contributed by atoms with Crippen LogP contribution in [0.2, 0.25) is 0 Å². The highest BCUT2D eigenvalue weighted by Crippen LogP contribution is 2.42. The van der Waals surface area contributed by atoms with Crippen LogP contribution in [-0.2, 0) is 12.4 Å². The fourth-order valence-electron chi connectivity index (χ4n) is 1.24. The summed E-state index contributed by atoms with van der Waals surface area (Å²) >= 11 is 4.89. The number of rotatable bonds is 1. The lowest BCUT2D eigenvalue weighted by Crippen LogP contribution is -2.17. The fourth-order valence-corrected chi connectivity index (χ4v) is 1.34. The average Bonchev–Trinajstić information content (AvgIpc) is 2.13. The molecule has 100 valence electrons. The molecular weight excluding hydrogens is 288 g/mol. The lowest BCUT2D eigenvalue weighted by Gasteiger charge is -2.16. The number of alkyl halides is 6. The zero-order valence-corrected chi connectivity index (χ0v) is 9.04. The van der Waals surface area contributed by atoms with Crippen molar-refractivity contribution in [2.75, 3.05) is 5.73 Å². The summed E-state index contributed by atoms with van der Waals surface area (Å²) in [5.41, 5.74) is -1.08. The minimum Gasteiger partial charge on any atom is -0.398 e. The monoisotopic (exact) mass is 291 g/mol. The summed E-state index contributed by atoms with van der Waals surface area (Å²) < 4.78 is 74.8. The van der Waals surface area contributed by atoms with Crippen molar-refractivity contribution in [3.05, 3.63) is 28.8 Å². The quantitative estimate of drug-likeness (QED) is 0.487. The molecule has 0 aromatic heterocycles. The standard InChI is InChI=1S/C9H4ClF6NO/c10-7(18)3-1-4(8(11,12)13)6(17)5(2-3)9(14,15)16/h1-2H,17H2. The second kappa shape index (κ2) is 4.34. The summed E-state index contributed by atoms with van der Waals surface area (Å²) in [6, 6.07) is 0.361. The van der Waals surface area contributed by atoms with E-state index in [9.17, 15) is 31.1 Å². The maximum Gasteiger partial charge on any atom is 0.418 e. The SMILES string of the molecule is Nc1c(C(F)(F)F)cc(C(=O)Cl)cc1C(F)(F)F. The molecule has 0 amide bonds. The van der Waals surface area contributed by atoms with Crippen molar-refractivity contribution in [3.8, 4) is 0 Å². The number of hydrogen-bond donors (Lipinski definition) is 1. The van der Waals surface area contributed by atoms with E-state index in [4.69, 9.17) is 17.3 Å². The zero-order chi connectivity index (χ0) is 14.3. The van der Waals surface area contributed by atoms with Gasteiger partial charge in [0.05, 0.1) is 16.8 Å². The van der Waals surface area contributed by atoms with Gasteiger partial charge in [-0.2, -0.15) is 26.3 Å². The van der Waals surface area contributed by atoms with E-state index in [1.807, 2.05) is 0 Å². The van der Waals surface area contributed by atoms with Crippen molar-refractivity contribution in [3.63, 3.8) is 0 Å². The Bertz CT molecular complexity index is 458.